The van der Waals surface area contributed by atoms with Crippen LogP contribution in [0.5, 0.6) is 5.75 Å². The van der Waals surface area contributed by atoms with Crippen LogP contribution in [0.1, 0.15) is 25.3 Å². The van der Waals surface area contributed by atoms with Crippen LogP contribution in [-0.2, 0) is 0 Å². The van der Waals surface area contributed by atoms with Crippen molar-refractivity contribution in [2.45, 2.75) is 25.8 Å². The molecule has 16 heavy (non-hydrogen) atoms. The molecule has 0 saturated carbocycles. The minimum Gasteiger partial charge on any atom is -0.496 e. The summed E-state index contributed by atoms with van der Waals surface area (Å²) in [6.07, 6.45) is 5.46. The number of para-hydroxylation sites is 1. The summed E-state index contributed by atoms with van der Waals surface area (Å²) in [5.74, 6) is 0.805. The molecule has 3 nitrogen and oxygen atoms in total. The van der Waals surface area contributed by atoms with Gasteiger partial charge in [0.1, 0.15) is 11.8 Å². The number of nitrogens with zero attached hydrogens (tertiary/aromatic N) is 1. The van der Waals surface area contributed by atoms with Crippen molar-refractivity contribution < 1.29 is 4.74 Å². The maximum absolute atomic E-state index is 10.5. The molecule has 1 aromatic rings. The number of hydrogen-bond acceptors (Lipinski definition) is 3. The summed E-state index contributed by atoms with van der Waals surface area (Å²) in [5, 5.41) is 3.07. The van der Waals surface area contributed by atoms with Crippen molar-refractivity contribution in [3.05, 3.63) is 40.8 Å². The van der Waals surface area contributed by atoms with Crippen molar-refractivity contribution in [1.82, 2.24) is 0 Å². The van der Waals surface area contributed by atoms with E-state index < -0.39 is 0 Å². The average Bonchev–Trinajstić information content (AvgIpc) is 2.34. The van der Waals surface area contributed by atoms with E-state index in [1.165, 1.54) is 0 Å². The lowest BCUT2D eigenvalue weighted by Crippen LogP contribution is -1.97. The zero-order chi connectivity index (χ0) is 11.8. The fourth-order valence-corrected chi connectivity index (χ4v) is 1.50. The SMILES string of the molecule is CCCC(C=Cc1ccccc1OC)N=O. The summed E-state index contributed by atoms with van der Waals surface area (Å²) in [4.78, 5) is 10.5. The molecule has 0 spiro atoms. The molecule has 0 saturated heterocycles. The Morgan fingerprint density at radius 3 is 2.81 bits per heavy atom. The molecule has 0 aromatic heterocycles. The molecular formula is C13H17NO2. The molecule has 3 heteroatoms. The molecular weight excluding hydrogens is 202 g/mol. The normalized spacial score (nSPS) is 12.6. The largest absolute Gasteiger partial charge is 0.496 e. The van der Waals surface area contributed by atoms with Crippen LogP contribution >= 0.6 is 0 Å². The van der Waals surface area contributed by atoms with Gasteiger partial charge in [-0.05, 0) is 12.5 Å². The second-order valence-corrected chi connectivity index (χ2v) is 3.56. The molecule has 1 unspecified atom stereocenters. The molecule has 0 aliphatic carbocycles. The van der Waals surface area contributed by atoms with Gasteiger partial charge in [0.15, 0.2) is 0 Å². The molecule has 0 heterocycles. The van der Waals surface area contributed by atoms with E-state index in [1.54, 1.807) is 7.11 Å². The third-order valence-electron chi connectivity index (χ3n) is 2.36. The minimum atomic E-state index is -0.241. The van der Waals surface area contributed by atoms with Crippen LogP contribution in [0.25, 0.3) is 6.08 Å². The van der Waals surface area contributed by atoms with Crippen LogP contribution in [0.15, 0.2) is 35.5 Å². The monoisotopic (exact) mass is 219 g/mol. The van der Waals surface area contributed by atoms with Gasteiger partial charge in [0.05, 0.1) is 7.11 Å². The lowest BCUT2D eigenvalue weighted by atomic mass is 10.1. The molecule has 0 aliphatic rings. The smallest absolute Gasteiger partial charge is 0.126 e. The van der Waals surface area contributed by atoms with Crippen molar-refractivity contribution in [2.75, 3.05) is 7.11 Å². The van der Waals surface area contributed by atoms with E-state index in [4.69, 9.17) is 4.74 Å². The molecule has 0 amide bonds. The Morgan fingerprint density at radius 2 is 2.19 bits per heavy atom. The third-order valence-corrected chi connectivity index (χ3v) is 2.36. The van der Waals surface area contributed by atoms with Gasteiger partial charge in [-0.1, -0.05) is 48.9 Å². The summed E-state index contributed by atoms with van der Waals surface area (Å²) in [6, 6.07) is 7.45. The van der Waals surface area contributed by atoms with Crippen molar-refractivity contribution in [3.63, 3.8) is 0 Å². The number of rotatable bonds is 6. The zero-order valence-electron chi connectivity index (χ0n) is 9.72. The highest BCUT2D eigenvalue weighted by Gasteiger charge is 2.03. The molecule has 0 aliphatic heterocycles. The van der Waals surface area contributed by atoms with E-state index in [1.807, 2.05) is 43.3 Å². The Hall–Kier alpha value is -1.64. The van der Waals surface area contributed by atoms with Crippen LogP contribution in [0.4, 0.5) is 0 Å². The van der Waals surface area contributed by atoms with Crippen LogP contribution < -0.4 is 4.74 Å². The van der Waals surface area contributed by atoms with E-state index in [-0.39, 0.29) is 6.04 Å². The first kappa shape index (κ1) is 12.4. The summed E-state index contributed by atoms with van der Waals surface area (Å²) >= 11 is 0. The first-order valence-corrected chi connectivity index (χ1v) is 5.45. The number of methoxy groups -OCH3 is 1. The van der Waals surface area contributed by atoms with Gasteiger partial charge >= 0.3 is 0 Å². The van der Waals surface area contributed by atoms with Gasteiger partial charge < -0.3 is 4.74 Å². The van der Waals surface area contributed by atoms with Crippen LogP contribution in [-0.4, -0.2) is 13.2 Å². The van der Waals surface area contributed by atoms with Gasteiger partial charge in [-0.2, -0.15) is 4.91 Å². The van der Waals surface area contributed by atoms with Crippen molar-refractivity contribution in [2.24, 2.45) is 5.18 Å². The molecule has 1 aromatic carbocycles. The predicted molar refractivity (Wildman–Crippen MR) is 66.5 cm³/mol. The summed E-state index contributed by atoms with van der Waals surface area (Å²) < 4.78 is 5.21. The van der Waals surface area contributed by atoms with Gasteiger partial charge in [0, 0.05) is 5.56 Å². The number of benzene rings is 1. The first-order valence-electron chi connectivity index (χ1n) is 5.45. The second kappa shape index (κ2) is 6.77. The molecule has 1 rings (SSSR count). The molecule has 86 valence electrons. The lowest BCUT2D eigenvalue weighted by molar-refractivity contribution is 0.414. The Kier molecular flexibility index (Phi) is 5.26. The van der Waals surface area contributed by atoms with Crippen molar-refractivity contribution in [1.29, 1.82) is 0 Å². The Labute approximate surface area is 96.1 Å². The van der Waals surface area contributed by atoms with E-state index in [9.17, 15) is 4.91 Å². The quantitative estimate of drug-likeness (QED) is 0.685. The van der Waals surface area contributed by atoms with Gasteiger partial charge in [0.25, 0.3) is 0 Å². The minimum absolute atomic E-state index is 0.241. The van der Waals surface area contributed by atoms with Gasteiger partial charge in [-0.3, -0.25) is 0 Å². The van der Waals surface area contributed by atoms with Gasteiger partial charge in [0.2, 0.25) is 0 Å². The van der Waals surface area contributed by atoms with Crippen LogP contribution in [0, 0.1) is 4.91 Å². The second-order valence-electron chi connectivity index (χ2n) is 3.56. The zero-order valence-corrected chi connectivity index (χ0v) is 9.72. The maximum atomic E-state index is 10.5. The Morgan fingerprint density at radius 1 is 1.44 bits per heavy atom. The first-order chi connectivity index (χ1) is 7.81. The number of hydrogen-bond donors (Lipinski definition) is 0. The number of ether oxygens (including phenoxy) is 1. The third kappa shape index (κ3) is 3.50. The van der Waals surface area contributed by atoms with E-state index in [0.717, 1.165) is 24.2 Å². The summed E-state index contributed by atoms with van der Waals surface area (Å²) in [7, 11) is 1.63. The van der Waals surface area contributed by atoms with E-state index in [0.29, 0.717) is 0 Å². The topological polar surface area (TPSA) is 38.7 Å². The maximum Gasteiger partial charge on any atom is 0.126 e. The van der Waals surface area contributed by atoms with Crippen molar-refractivity contribution >= 4 is 6.08 Å². The van der Waals surface area contributed by atoms with Gasteiger partial charge in [-0.15, -0.1) is 0 Å². The Bertz CT molecular complexity index is 361. The number of nitroso groups, excluding NO2 is 1. The Balaban J connectivity index is 2.77. The average molecular weight is 219 g/mol. The highest BCUT2D eigenvalue weighted by Crippen LogP contribution is 2.19. The molecule has 0 bridgehead atoms. The van der Waals surface area contributed by atoms with Gasteiger partial charge in [-0.25, -0.2) is 0 Å². The fourth-order valence-electron chi connectivity index (χ4n) is 1.50. The summed E-state index contributed by atoms with van der Waals surface area (Å²) in [5.41, 5.74) is 0.967. The molecule has 0 radical (unpaired) electrons. The predicted octanol–water partition coefficient (Wildman–Crippen LogP) is 3.64. The standard InChI is InChI=1S/C13H17NO2/c1-3-6-12(14-15)10-9-11-7-4-5-8-13(11)16-2/h4-5,7-10,12H,3,6H2,1-2H3. The van der Waals surface area contributed by atoms with Crippen molar-refractivity contribution in [3.8, 4) is 5.75 Å². The van der Waals surface area contributed by atoms with Crippen LogP contribution in [0.2, 0.25) is 0 Å². The highest BCUT2D eigenvalue weighted by molar-refractivity contribution is 5.57. The lowest BCUT2D eigenvalue weighted by Gasteiger charge is -2.04. The fraction of sp³-hybridized carbons (Fsp3) is 0.385. The van der Waals surface area contributed by atoms with E-state index >= 15 is 0 Å². The van der Waals surface area contributed by atoms with Crippen LogP contribution in [0.3, 0.4) is 0 Å². The summed E-state index contributed by atoms with van der Waals surface area (Å²) in [6.45, 7) is 2.04. The molecule has 0 fully saturated rings. The highest BCUT2D eigenvalue weighted by atomic mass is 16.5. The molecule has 0 N–H and O–H groups in total. The van der Waals surface area contributed by atoms with E-state index in [2.05, 4.69) is 5.18 Å². The molecule has 1 atom stereocenters.